The van der Waals surface area contributed by atoms with Crippen LogP contribution in [0.4, 0.5) is 0 Å². The van der Waals surface area contributed by atoms with Gasteiger partial charge < -0.3 is 0 Å². The van der Waals surface area contributed by atoms with Gasteiger partial charge in [-0.3, -0.25) is 0 Å². The number of H-pyrrole nitrogens is 1. The van der Waals surface area contributed by atoms with Crippen LogP contribution in [0.5, 0.6) is 0 Å². The van der Waals surface area contributed by atoms with Gasteiger partial charge >= 0.3 is 0 Å². The number of imidazole rings is 1. The van der Waals surface area contributed by atoms with Crippen LogP contribution in [0.3, 0.4) is 0 Å². The highest BCUT2D eigenvalue weighted by Gasteiger charge is 2.37. The molecule has 2 aliphatic rings. The quantitative estimate of drug-likeness (QED) is 0.113. The van der Waals surface area contributed by atoms with E-state index in [-0.39, 0.29) is 10.8 Å². The zero-order valence-corrected chi connectivity index (χ0v) is 64.5. The van der Waals surface area contributed by atoms with Crippen molar-refractivity contribution in [2.24, 2.45) is 0 Å². The lowest BCUT2D eigenvalue weighted by Crippen LogP contribution is -2.31. The fourth-order valence-corrected chi connectivity index (χ4v) is 20.1. The van der Waals surface area contributed by atoms with Gasteiger partial charge in [0.1, 0.15) is 10.7 Å². The number of para-hydroxylation sites is 4. The minimum Gasteiger partial charge on any atom is -0.236 e. The van der Waals surface area contributed by atoms with Gasteiger partial charge in [0.25, 0.3) is 5.82 Å². The molecule has 0 amide bonds. The molecule has 4 heteroatoms. The maximum Gasteiger partial charge on any atom is 0.292 e. The van der Waals surface area contributed by atoms with Crippen molar-refractivity contribution >= 4 is 97.2 Å². The van der Waals surface area contributed by atoms with E-state index < -0.39 is 0 Å². The van der Waals surface area contributed by atoms with Crippen molar-refractivity contribution in [1.29, 1.82) is 0 Å². The Hall–Kier alpha value is -13.9. The summed E-state index contributed by atoms with van der Waals surface area (Å²) in [5.41, 5.74) is 32.4. The van der Waals surface area contributed by atoms with Crippen molar-refractivity contribution in [3.63, 3.8) is 0 Å². The van der Waals surface area contributed by atoms with E-state index in [9.17, 15) is 0 Å². The summed E-state index contributed by atoms with van der Waals surface area (Å²) in [6.07, 6.45) is 0. The van der Waals surface area contributed by atoms with Crippen LogP contribution in [0, 0.1) is 0 Å². The minimum atomic E-state index is -0.0545. The van der Waals surface area contributed by atoms with Gasteiger partial charge in [0, 0.05) is 16.4 Å². The molecule has 0 spiro atoms. The summed E-state index contributed by atoms with van der Waals surface area (Å²) < 4.78 is 3.54. The number of rotatable bonds is 9. The van der Waals surface area contributed by atoms with E-state index in [0.717, 1.165) is 44.2 Å². The molecule has 0 atom stereocenters. The number of aromatic amines is 1. The fourth-order valence-electron chi connectivity index (χ4n) is 19.1. The molecule has 2 aliphatic carbocycles. The van der Waals surface area contributed by atoms with Crippen molar-refractivity contribution < 1.29 is 4.57 Å². The molecule has 114 heavy (non-hydrogen) atoms. The van der Waals surface area contributed by atoms with Crippen LogP contribution >= 0.6 is 11.3 Å². The van der Waals surface area contributed by atoms with Gasteiger partial charge in [-0.25, -0.2) is 9.97 Å². The second-order valence-electron chi connectivity index (χ2n) is 31.9. The molecule has 0 saturated carbocycles. The van der Waals surface area contributed by atoms with Crippen LogP contribution in [0.25, 0.3) is 203 Å². The molecular formula is C110H76N3S+. The monoisotopic (exact) mass is 1470 g/mol. The van der Waals surface area contributed by atoms with Crippen molar-refractivity contribution in [2.45, 2.75) is 38.5 Å². The minimum absolute atomic E-state index is 0.0424. The van der Waals surface area contributed by atoms with E-state index >= 15 is 0 Å². The zero-order valence-electron chi connectivity index (χ0n) is 63.7. The molecule has 2 heterocycles. The molecule has 0 radical (unpaired) electrons. The molecule has 19 aromatic carbocycles. The Bertz CT molecular complexity index is 7490. The van der Waals surface area contributed by atoms with Crippen molar-refractivity contribution in [3.05, 3.63) is 404 Å². The Labute approximate surface area is 666 Å². The maximum atomic E-state index is 4.95. The summed E-state index contributed by atoms with van der Waals surface area (Å²) in [6.45, 7) is 9.43. The molecule has 0 aliphatic heterocycles. The molecule has 0 saturated heterocycles. The molecule has 2 aromatic heterocycles. The Balaban J connectivity index is 0.000000140. The van der Waals surface area contributed by atoms with E-state index in [1.54, 1.807) is 11.3 Å². The molecule has 21 aromatic rings. The van der Waals surface area contributed by atoms with E-state index in [4.69, 9.17) is 4.98 Å². The molecule has 0 fully saturated rings. The predicted octanol–water partition coefficient (Wildman–Crippen LogP) is 29.6. The first kappa shape index (κ1) is 67.0. The third-order valence-electron chi connectivity index (χ3n) is 24.8. The van der Waals surface area contributed by atoms with E-state index in [2.05, 4.69) is 419 Å². The zero-order chi connectivity index (χ0) is 75.9. The Morgan fingerprint density at radius 3 is 1.17 bits per heavy atom. The van der Waals surface area contributed by atoms with Gasteiger partial charge in [-0.2, -0.15) is 4.57 Å². The lowest BCUT2D eigenvalue weighted by Gasteiger charge is -2.22. The fraction of sp³-hybridized carbons (Fsp3) is 0.0545. The second-order valence-corrected chi connectivity index (χ2v) is 32.9. The molecule has 536 valence electrons. The Morgan fingerprint density at radius 1 is 0.263 bits per heavy atom. The van der Waals surface area contributed by atoms with Crippen LogP contribution in [-0.2, 0) is 10.8 Å². The third-order valence-corrected chi connectivity index (χ3v) is 25.8. The summed E-state index contributed by atoms with van der Waals surface area (Å²) in [4.78, 5) is 8.70. The van der Waals surface area contributed by atoms with Crippen LogP contribution < -0.4 is 4.57 Å². The number of hydrogen-bond acceptors (Lipinski definition) is 2. The SMILES string of the molecule is CC1(C)c2ccccc2-c2cc(-c3c4ccccc4c(-c4ccc(-c5[nH]c6ccccc6[n+]5-c5ccccc5)cc4)c4ccc(-c5ccc6ccccc6c5)cc34)ccc21.CC1(C)c2ccccc2-c2cc(-c3c4ccccc4c(-c4ccc(-c5nc6ccccc6s5)cc4)c4ccc(-c5ccc6ccccc6c5)cc34)ccc21. The van der Waals surface area contributed by atoms with Gasteiger partial charge in [-0.1, -0.05) is 325 Å². The number of nitrogens with one attached hydrogen (secondary N) is 1. The molecule has 3 nitrogen and oxygen atoms in total. The van der Waals surface area contributed by atoms with Gasteiger partial charge in [-0.15, -0.1) is 11.3 Å². The molecule has 0 unspecified atom stereocenters. The smallest absolute Gasteiger partial charge is 0.236 e. The summed E-state index contributed by atoms with van der Waals surface area (Å²) in [6, 6.07) is 141. The first-order valence-corrected chi connectivity index (χ1v) is 40.4. The average Bonchev–Trinajstić information content (AvgIpc) is 0.748. The lowest BCUT2D eigenvalue weighted by molar-refractivity contribution is -0.554. The molecule has 1 N–H and O–H groups in total. The number of fused-ring (bicyclic) bond motifs is 14. The highest BCUT2D eigenvalue weighted by Crippen LogP contribution is 2.55. The van der Waals surface area contributed by atoms with Crippen molar-refractivity contribution in [2.75, 3.05) is 0 Å². The lowest BCUT2D eigenvalue weighted by atomic mass is 9.81. The first-order chi connectivity index (χ1) is 56.0. The first-order valence-electron chi connectivity index (χ1n) is 39.6. The van der Waals surface area contributed by atoms with Crippen LogP contribution in [0.2, 0.25) is 0 Å². The normalized spacial score (nSPS) is 13.1. The van der Waals surface area contributed by atoms with Crippen molar-refractivity contribution in [1.82, 2.24) is 9.97 Å². The van der Waals surface area contributed by atoms with Crippen LogP contribution in [-0.4, -0.2) is 9.97 Å². The summed E-state index contributed by atoms with van der Waals surface area (Å²) in [5, 5.41) is 16.1. The van der Waals surface area contributed by atoms with Crippen LogP contribution in [0.15, 0.2) is 382 Å². The van der Waals surface area contributed by atoms with Gasteiger partial charge in [0.15, 0.2) is 11.0 Å². The Morgan fingerprint density at radius 2 is 0.640 bits per heavy atom. The summed E-state index contributed by atoms with van der Waals surface area (Å²) in [5.74, 6) is 1.06. The van der Waals surface area contributed by atoms with E-state index in [1.165, 1.54) is 181 Å². The highest BCUT2D eigenvalue weighted by molar-refractivity contribution is 7.21. The van der Waals surface area contributed by atoms with E-state index in [1.807, 2.05) is 0 Å². The van der Waals surface area contributed by atoms with Gasteiger partial charge in [0.05, 0.1) is 15.8 Å². The van der Waals surface area contributed by atoms with Gasteiger partial charge in [-0.05, 0) is 261 Å². The topological polar surface area (TPSA) is 32.6 Å². The number of benzene rings is 19. The molecule has 23 rings (SSSR count). The Kier molecular flexibility index (Phi) is 15.5. The number of nitrogens with zero attached hydrogens (tertiary/aromatic N) is 2. The third kappa shape index (κ3) is 10.8. The van der Waals surface area contributed by atoms with Crippen molar-refractivity contribution in [3.8, 4) is 117 Å². The number of hydrogen-bond donors (Lipinski definition) is 1. The summed E-state index contributed by atoms with van der Waals surface area (Å²) in [7, 11) is 0. The number of thiazole rings is 1. The number of aromatic nitrogens is 3. The average molecular weight is 1470 g/mol. The van der Waals surface area contributed by atoms with Crippen LogP contribution in [0.1, 0.15) is 49.9 Å². The second kappa shape index (κ2) is 26.4. The standard InChI is InChI=1S/C58H40N2.C52H35NS/c1-58(2)51-21-11-10-18-45(51)49-36-43(31-33-52(49)58)56-47-20-9-8-19-46(47)55(48-32-30-42(35-50(48)56)41-29-24-37-14-6-7-15-40(37)34-41)38-25-27-39(28-26-38)57-59-53-22-12-13-23-54(53)60(57)44-16-4-3-5-17-44;1-52(2)45-16-8-7-13-39(45)43-31-38(26-28-46(43)52)50-41-15-6-5-14-40(41)49(33-20-22-34(23-21-33)51-53-47-17-9-10-18-48(47)54-51)42-27-25-37(30-44(42)50)36-24-19-32-11-3-4-12-35(32)29-36/h3-36H,1-2H3;3-31H,1-2H3/p+1. The summed E-state index contributed by atoms with van der Waals surface area (Å²) >= 11 is 1.75. The highest BCUT2D eigenvalue weighted by atomic mass is 32.1. The molecule has 0 bridgehead atoms. The largest absolute Gasteiger partial charge is 0.292 e. The van der Waals surface area contributed by atoms with Gasteiger partial charge in [0.2, 0.25) is 0 Å². The van der Waals surface area contributed by atoms with E-state index in [0.29, 0.717) is 0 Å². The maximum absolute atomic E-state index is 4.95. The molecular weight excluding hydrogens is 1400 g/mol. The predicted molar refractivity (Wildman–Crippen MR) is 483 cm³/mol.